The molecule has 1 aliphatic rings. The predicted molar refractivity (Wildman–Crippen MR) is 143 cm³/mol. The average molecular weight is 565 g/mol. The molecule has 0 aliphatic heterocycles. The largest absolute Gasteiger partial charge is 0.352 e. The first-order valence-corrected chi connectivity index (χ1v) is 14.6. The molecule has 0 saturated heterocycles. The number of amides is 2. The summed E-state index contributed by atoms with van der Waals surface area (Å²) in [5, 5.41) is 3.10. The minimum absolute atomic E-state index is 0.112. The SMILES string of the molecule is Cc1ccccc1N(CC(=O)N(Cc1cccc(Br)c1)[C@H](C)C(=O)NC1CCCCC1)S(C)(=O)=O. The molecule has 190 valence electrons. The van der Waals surface area contributed by atoms with Crippen LogP contribution in [0.1, 0.15) is 50.2 Å². The first-order chi connectivity index (χ1) is 16.6. The van der Waals surface area contributed by atoms with Gasteiger partial charge in [0.2, 0.25) is 21.8 Å². The van der Waals surface area contributed by atoms with Crippen molar-refractivity contribution in [2.75, 3.05) is 17.1 Å². The lowest BCUT2D eigenvalue weighted by atomic mass is 9.95. The Labute approximate surface area is 217 Å². The number of benzene rings is 2. The van der Waals surface area contributed by atoms with Gasteiger partial charge in [0.25, 0.3) is 0 Å². The minimum atomic E-state index is -3.74. The second-order valence-electron chi connectivity index (χ2n) is 9.23. The molecule has 0 aromatic heterocycles. The van der Waals surface area contributed by atoms with Gasteiger partial charge in [0, 0.05) is 17.1 Å². The Morgan fingerprint density at radius 2 is 1.77 bits per heavy atom. The molecule has 0 spiro atoms. The Hall–Kier alpha value is -2.39. The number of para-hydroxylation sites is 1. The van der Waals surface area contributed by atoms with Crippen LogP contribution in [0.15, 0.2) is 53.0 Å². The van der Waals surface area contributed by atoms with Gasteiger partial charge in [0.05, 0.1) is 11.9 Å². The van der Waals surface area contributed by atoms with Crippen molar-refractivity contribution in [1.82, 2.24) is 10.2 Å². The second kappa shape index (κ2) is 12.0. The third kappa shape index (κ3) is 7.54. The number of anilines is 1. The fraction of sp³-hybridized carbons (Fsp3) is 0.462. The normalized spacial score (nSPS) is 15.3. The standard InChI is InChI=1S/C26H34BrN3O4S/c1-19-10-7-8-15-24(19)30(35(3,33)34)18-25(31)29(17-21-11-9-12-22(27)16-21)20(2)26(32)28-23-13-5-4-6-14-23/h7-12,15-16,20,23H,4-6,13-14,17-18H2,1-3H3,(H,28,32)/t20-/m1/s1. The zero-order chi connectivity index (χ0) is 25.6. The van der Waals surface area contributed by atoms with Crippen molar-refractivity contribution in [3.8, 4) is 0 Å². The summed E-state index contributed by atoms with van der Waals surface area (Å²) in [6.45, 7) is 3.30. The summed E-state index contributed by atoms with van der Waals surface area (Å²) in [5.74, 6) is -0.660. The molecule has 2 amide bonds. The minimum Gasteiger partial charge on any atom is -0.352 e. The van der Waals surface area contributed by atoms with Gasteiger partial charge in [-0.05, 0) is 56.0 Å². The van der Waals surface area contributed by atoms with Gasteiger partial charge >= 0.3 is 0 Å². The van der Waals surface area contributed by atoms with Crippen LogP contribution in [0.3, 0.4) is 0 Å². The monoisotopic (exact) mass is 563 g/mol. The van der Waals surface area contributed by atoms with Crippen LogP contribution in [0.25, 0.3) is 0 Å². The van der Waals surface area contributed by atoms with Gasteiger partial charge in [-0.25, -0.2) is 8.42 Å². The lowest BCUT2D eigenvalue weighted by molar-refractivity contribution is -0.139. The first kappa shape index (κ1) is 27.2. The Bertz CT molecular complexity index is 1150. The molecule has 35 heavy (non-hydrogen) atoms. The molecule has 1 N–H and O–H groups in total. The highest BCUT2D eigenvalue weighted by Gasteiger charge is 2.31. The summed E-state index contributed by atoms with van der Waals surface area (Å²) in [7, 11) is -3.74. The molecule has 7 nitrogen and oxygen atoms in total. The van der Waals surface area contributed by atoms with Crippen molar-refractivity contribution in [1.29, 1.82) is 0 Å². The maximum absolute atomic E-state index is 13.6. The number of nitrogens with one attached hydrogen (secondary N) is 1. The Kier molecular flexibility index (Phi) is 9.35. The lowest BCUT2D eigenvalue weighted by Gasteiger charge is -2.33. The van der Waals surface area contributed by atoms with E-state index in [4.69, 9.17) is 0 Å². The molecule has 3 rings (SSSR count). The van der Waals surface area contributed by atoms with Gasteiger partial charge in [-0.1, -0.05) is 65.5 Å². The van der Waals surface area contributed by atoms with Gasteiger partial charge < -0.3 is 10.2 Å². The van der Waals surface area contributed by atoms with Crippen LogP contribution in [-0.2, 0) is 26.2 Å². The van der Waals surface area contributed by atoms with Crippen molar-refractivity contribution < 1.29 is 18.0 Å². The molecule has 9 heteroatoms. The molecule has 0 bridgehead atoms. The highest BCUT2D eigenvalue weighted by atomic mass is 79.9. The van der Waals surface area contributed by atoms with Crippen LogP contribution in [-0.4, -0.2) is 50.0 Å². The van der Waals surface area contributed by atoms with Crippen molar-refractivity contribution in [3.63, 3.8) is 0 Å². The van der Waals surface area contributed by atoms with Gasteiger partial charge in [0.15, 0.2) is 0 Å². The fourth-order valence-corrected chi connectivity index (χ4v) is 5.78. The number of hydrogen-bond donors (Lipinski definition) is 1. The fourth-order valence-electron chi connectivity index (χ4n) is 4.42. The molecule has 1 atom stereocenters. The van der Waals surface area contributed by atoms with E-state index in [0.29, 0.717) is 5.69 Å². The van der Waals surface area contributed by atoms with E-state index in [0.717, 1.165) is 51.8 Å². The van der Waals surface area contributed by atoms with Gasteiger partial charge in [-0.15, -0.1) is 0 Å². The highest BCUT2D eigenvalue weighted by Crippen LogP contribution is 2.23. The smallest absolute Gasteiger partial charge is 0.244 e. The molecule has 2 aromatic carbocycles. The van der Waals surface area contributed by atoms with Crippen molar-refractivity contribution in [2.45, 2.75) is 64.6 Å². The van der Waals surface area contributed by atoms with Crippen molar-refractivity contribution >= 4 is 43.5 Å². The van der Waals surface area contributed by atoms with Crippen LogP contribution >= 0.6 is 15.9 Å². The number of rotatable bonds is 9. The van der Waals surface area contributed by atoms with Crippen molar-refractivity contribution in [2.24, 2.45) is 0 Å². The van der Waals surface area contributed by atoms with Crippen LogP contribution in [0.5, 0.6) is 0 Å². The zero-order valence-corrected chi connectivity index (χ0v) is 22.9. The van der Waals surface area contributed by atoms with E-state index in [1.165, 1.54) is 11.3 Å². The average Bonchev–Trinajstić information content (AvgIpc) is 2.81. The summed E-state index contributed by atoms with van der Waals surface area (Å²) in [4.78, 5) is 28.3. The van der Waals surface area contributed by atoms with E-state index in [1.807, 2.05) is 30.3 Å². The zero-order valence-electron chi connectivity index (χ0n) is 20.5. The number of carbonyl (C=O) groups excluding carboxylic acids is 2. The molecule has 1 aliphatic carbocycles. The highest BCUT2D eigenvalue weighted by molar-refractivity contribution is 9.10. The number of carbonyl (C=O) groups is 2. The molecular formula is C26H34BrN3O4S. The Morgan fingerprint density at radius 3 is 2.40 bits per heavy atom. The van der Waals surface area contributed by atoms with E-state index >= 15 is 0 Å². The van der Waals surface area contributed by atoms with Crippen LogP contribution in [0, 0.1) is 6.92 Å². The summed E-state index contributed by atoms with van der Waals surface area (Å²) in [5.41, 5.74) is 2.03. The third-order valence-corrected chi connectivity index (χ3v) is 8.04. The maximum atomic E-state index is 13.6. The van der Waals surface area contributed by atoms with E-state index in [-0.39, 0.29) is 18.5 Å². The quantitative estimate of drug-likeness (QED) is 0.490. The molecule has 1 saturated carbocycles. The lowest BCUT2D eigenvalue weighted by Crippen LogP contribution is -2.53. The molecular weight excluding hydrogens is 530 g/mol. The van der Waals surface area contributed by atoms with Crippen LogP contribution in [0.2, 0.25) is 0 Å². The molecule has 2 aromatic rings. The molecule has 0 unspecified atom stereocenters. The molecule has 1 fully saturated rings. The van der Waals surface area contributed by atoms with Gasteiger partial charge in [-0.3, -0.25) is 13.9 Å². The topological polar surface area (TPSA) is 86.8 Å². The van der Waals surface area contributed by atoms with E-state index < -0.39 is 28.5 Å². The summed E-state index contributed by atoms with van der Waals surface area (Å²) >= 11 is 3.46. The predicted octanol–water partition coefficient (Wildman–Crippen LogP) is 4.39. The number of halogens is 1. The second-order valence-corrected chi connectivity index (χ2v) is 12.0. The van der Waals surface area contributed by atoms with E-state index in [1.54, 1.807) is 32.0 Å². The summed E-state index contributed by atoms with van der Waals surface area (Å²) in [6, 6.07) is 13.9. The van der Waals surface area contributed by atoms with E-state index in [9.17, 15) is 18.0 Å². The van der Waals surface area contributed by atoms with E-state index in [2.05, 4.69) is 21.2 Å². The van der Waals surface area contributed by atoms with Crippen LogP contribution < -0.4 is 9.62 Å². The number of nitrogens with zero attached hydrogens (tertiary/aromatic N) is 2. The molecule has 0 radical (unpaired) electrons. The van der Waals surface area contributed by atoms with Crippen LogP contribution in [0.4, 0.5) is 5.69 Å². The van der Waals surface area contributed by atoms with Crippen molar-refractivity contribution in [3.05, 3.63) is 64.1 Å². The summed E-state index contributed by atoms with van der Waals surface area (Å²) < 4.78 is 27.3. The third-order valence-electron chi connectivity index (χ3n) is 6.42. The van der Waals surface area contributed by atoms with Gasteiger partial charge in [0.1, 0.15) is 12.6 Å². The Morgan fingerprint density at radius 1 is 1.09 bits per heavy atom. The number of hydrogen-bond acceptors (Lipinski definition) is 4. The first-order valence-electron chi connectivity index (χ1n) is 11.9. The van der Waals surface area contributed by atoms with Gasteiger partial charge in [-0.2, -0.15) is 0 Å². The molecule has 0 heterocycles. The Balaban J connectivity index is 1.88. The number of aryl methyl sites for hydroxylation is 1. The summed E-state index contributed by atoms with van der Waals surface area (Å²) in [6.07, 6.45) is 6.31. The maximum Gasteiger partial charge on any atom is 0.244 e. The number of sulfonamides is 1.